The number of rotatable bonds is 7. The molecule has 1 aromatic heterocycles. The van der Waals surface area contributed by atoms with Gasteiger partial charge >= 0.3 is 0 Å². The Labute approximate surface area is 142 Å². The summed E-state index contributed by atoms with van der Waals surface area (Å²) >= 11 is 0. The van der Waals surface area contributed by atoms with Crippen LogP contribution in [0.25, 0.3) is 0 Å². The molecule has 6 nitrogen and oxygen atoms in total. The number of hydrogen-bond acceptors (Lipinski definition) is 6. The van der Waals surface area contributed by atoms with Gasteiger partial charge in [-0.3, -0.25) is 4.90 Å². The molecule has 0 N–H and O–H groups in total. The van der Waals surface area contributed by atoms with Crippen LogP contribution in [0, 0.1) is 0 Å². The van der Waals surface area contributed by atoms with Crippen LogP contribution in [0.2, 0.25) is 0 Å². The van der Waals surface area contributed by atoms with Crippen LogP contribution in [0.3, 0.4) is 0 Å². The molecular formula is C18H23N3O3. The Hall–Kier alpha value is -2.34. The van der Waals surface area contributed by atoms with Crippen molar-refractivity contribution in [3.05, 3.63) is 42.1 Å². The van der Waals surface area contributed by atoms with Gasteiger partial charge in [0, 0.05) is 19.2 Å². The largest absolute Gasteiger partial charge is 0.486 e. The second-order valence-electron chi connectivity index (χ2n) is 5.80. The molecule has 1 atom stereocenters. The zero-order valence-corrected chi connectivity index (χ0v) is 14.1. The summed E-state index contributed by atoms with van der Waals surface area (Å²) in [5, 5.41) is 8.24. The van der Waals surface area contributed by atoms with Crippen LogP contribution in [0.5, 0.6) is 17.4 Å². The van der Waals surface area contributed by atoms with Gasteiger partial charge in [0.25, 0.3) is 0 Å². The Bertz CT molecular complexity index is 648. The fourth-order valence-corrected chi connectivity index (χ4v) is 2.76. The van der Waals surface area contributed by atoms with Crippen molar-refractivity contribution in [1.29, 1.82) is 0 Å². The number of ether oxygens (including phenoxy) is 3. The lowest BCUT2D eigenvalue weighted by molar-refractivity contribution is 0.0560. The molecule has 0 unspecified atom stereocenters. The van der Waals surface area contributed by atoms with E-state index in [-0.39, 0.29) is 6.10 Å². The minimum absolute atomic E-state index is 0.0117. The Morgan fingerprint density at radius 3 is 2.71 bits per heavy atom. The van der Waals surface area contributed by atoms with E-state index in [2.05, 4.69) is 22.0 Å². The highest BCUT2D eigenvalue weighted by Crippen LogP contribution is 2.31. The molecule has 0 spiro atoms. The van der Waals surface area contributed by atoms with Crippen molar-refractivity contribution in [3.63, 3.8) is 0 Å². The average molecular weight is 329 g/mol. The zero-order chi connectivity index (χ0) is 16.8. The van der Waals surface area contributed by atoms with Gasteiger partial charge in [-0.25, -0.2) is 0 Å². The van der Waals surface area contributed by atoms with Gasteiger partial charge in [-0.1, -0.05) is 19.1 Å². The first-order chi connectivity index (χ1) is 11.8. The molecule has 0 saturated carbocycles. The summed E-state index contributed by atoms with van der Waals surface area (Å²) in [7, 11) is 1.59. The summed E-state index contributed by atoms with van der Waals surface area (Å²) in [5.74, 6) is 2.16. The first-order valence-electron chi connectivity index (χ1n) is 8.26. The molecule has 1 aliphatic rings. The fourth-order valence-electron chi connectivity index (χ4n) is 2.76. The predicted molar refractivity (Wildman–Crippen MR) is 90.5 cm³/mol. The highest BCUT2D eigenvalue weighted by atomic mass is 16.6. The Morgan fingerprint density at radius 2 is 2.00 bits per heavy atom. The lowest BCUT2D eigenvalue weighted by Crippen LogP contribution is -2.41. The number of aromatic nitrogens is 2. The SMILES string of the molecule is CCCN(Cc1ccc(OC)nn1)C[C@H]1COc2ccccc2O1. The summed E-state index contributed by atoms with van der Waals surface area (Å²) in [6.07, 6.45) is 1.07. The third-order valence-electron chi connectivity index (χ3n) is 3.86. The number of fused-ring (bicyclic) bond motifs is 1. The van der Waals surface area contributed by atoms with Crippen LogP contribution in [0.15, 0.2) is 36.4 Å². The van der Waals surface area contributed by atoms with Gasteiger partial charge in [-0.05, 0) is 31.2 Å². The van der Waals surface area contributed by atoms with Crippen LogP contribution >= 0.6 is 0 Å². The van der Waals surface area contributed by atoms with Gasteiger partial charge in [0.1, 0.15) is 12.7 Å². The van der Waals surface area contributed by atoms with Crippen LogP contribution in [0.1, 0.15) is 19.0 Å². The van der Waals surface area contributed by atoms with Crippen LogP contribution in [0.4, 0.5) is 0 Å². The molecule has 2 aromatic rings. The third-order valence-corrected chi connectivity index (χ3v) is 3.86. The number of hydrogen-bond donors (Lipinski definition) is 0. The van der Waals surface area contributed by atoms with E-state index in [1.807, 2.05) is 36.4 Å². The van der Waals surface area contributed by atoms with Gasteiger partial charge in [-0.15, -0.1) is 5.10 Å². The first kappa shape index (κ1) is 16.5. The van der Waals surface area contributed by atoms with E-state index in [0.29, 0.717) is 12.5 Å². The molecule has 128 valence electrons. The van der Waals surface area contributed by atoms with Crippen LogP contribution < -0.4 is 14.2 Å². The lowest BCUT2D eigenvalue weighted by atomic mass is 10.2. The van der Waals surface area contributed by atoms with E-state index in [1.54, 1.807) is 7.11 Å². The molecule has 0 radical (unpaired) electrons. The normalized spacial score (nSPS) is 16.2. The summed E-state index contributed by atoms with van der Waals surface area (Å²) < 4.78 is 16.9. The maximum Gasteiger partial charge on any atom is 0.233 e. The van der Waals surface area contributed by atoms with Crippen molar-refractivity contribution >= 4 is 0 Å². The Balaban J connectivity index is 1.61. The third kappa shape index (κ3) is 4.14. The van der Waals surface area contributed by atoms with Crippen molar-refractivity contribution in [2.24, 2.45) is 0 Å². The topological polar surface area (TPSA) is 56.7 Å². The number of methoxy groups -OCH3 is 1. The van der Waals surface area contributed by atoms with E-state index in [0.717, 1.165) is 43.2 Å². The summed E-state index contributed by atoms with van der Waals surface area (Å²) in [5.41, 5.74) is 0.918. The number of benzene rings is 1. The maximum atomic E-state index is 6.06. The molecular weight excluding hydrogens is 306 g/mol. The molecule has 6 heteroatoms. The molecule has 0 bridgehead atoms. The molecule has 1 aliphatic heterocycles. The highest BCUT2D eigenvalue weighted by Gasteiger charge is 2.23. The van der Waals surface area contributed by atoms with E-state index in [1.165, 1.54) is 0 Å². The standard InChI is InChI=1S/C18H23N3O3/c1-3-10-21(11-14-8-9-18(22-2)20-19-14)12-15-13-23-16-6-4-5-7-17(16)24-15/h4-9,15H,3,10-13H2,1-2H3/t15-/m0/s1. The molecule has 0 amide bonds. The number of para-hydroxylation sites is 2. The van der Waals surface area contributed by atoms with E-state index < -0.39 is 0 Å². The monoisotopic (exact) mass is 329 g/mol. The summed E-state index contributed by atoms with van der Waals surface area (Å²) in [6, 6.07) is 11.6. The van der Waals surface area contributed by atoms with Gasteiger partial charge < -0.3 is 14.2 Å². The van der Waals surface area contributed by atoms with Crippen molar-refractivity contribution in [3.8, 4) is 17.4 Å². The molecule has 0 saturated heterocycles. The van der Waals surface area contributed by atoms with Gasteiger partial charge in [0.15, 0.2) is 11.5 Å². The van der Waals surface area contributed by atoms with Crippen molar-refractivity contribution in [2.45, 2.75) is 26.0 Å². The molecule has 2 heterocycles. The first-order valence-corrected chi connectivity index (χ1v) is 8.26. The lowest BCUT2D eigenvalue weighted by Gasteiger charge is -2.31. The average Bonchev–Trinajstić information content (AvgIpc) is 2.62. The predicted octanol–water partition coefficient (Wildman–Crippen LogP) is 2.54. The molecule has 24 heavy (non-hydrogen) atoms. The molecule has 0 aliphatic carbocycles. The Morgan fingerprint density at radius 1 is 1.17 bits per heavy atom. The number of nitrogens with zero attached hydrogens (tertiary/aromatic N) is 3. The minimum atomic E-state index is 0.0117. The fraction of sp³-hybridized carbons (Fsp3) is 0.444. The van der Waals surface area contributed by atoms with Gasteiger partial charge in [0.05, 0.1) is 12.8 Å². The summed E-state index contributed by atoms with van der Waals surface area (Å²) in [6.45, 7) is 5.21. The van der Waals surface area contributed by atoms with Crippen molar-refractivity contribution in [1.82, 2.24) is 15.1 Å². The minimum Gasteiger partial charge on any atom is -0.486 e. The van der Waals surface area contributed by atoms with Crippen molar-refractivity contribution in [2.75, 3.05) is 26.8 Å². The van der Waals surface area contributed by atoms with Gasteiger partial charge in [-0.2, -0.15) is 5.10 Å². The van der Waals surface area contributed by atoms with Crippen LogP contribution in [-0.2, 0) is 6.54 Å². The van der Waals surface area contributed by atoms with E-state index >= 15 is 0 Å². The molecule has 3 rings (SSSR count). The van der Waals surface area contributed by atoms with E-state index in [4.69, 9.17) is 14.2 Å². The Kier molecular flexibility index (Phi) is 5.48. The van der Waals surface area contributed by atoms with E-state index in [9.17, 15) is 0 Å². The maximum absolute atomic E-state index is 6.06. The molecule has 1 aromatic carbocycles. The second-order valence-corrected chi connectivity index (χ2v) is 5.80. The highest BCUT2D eigenvalue weighted by molar-refractivity contribution is 5.40. The van der Waals surface area contributed by atoms with Crippen LogP contribution in [-0.4, -0.2) is 48.0 Å². The van der Waals surface area contributed by atoms with Gasteiger partial charge in [0.2, 0.25) is 5.88 Å². The molecule has 0 fully saturated rings. The summed E-state index contributed by atoms with van der Waals surface area (Å²) in [4.78, 5) is 2.32. The quantitative estimate of drug-likeness (QED) is 0.778. The van der Waals surface area contributed by atoms with Crippen molar-refractivity contribution < 1.29 is 14.2 Å². The smallest absolute Gasteiger partial charge is 0.233 e. The second kappa shape index (κ2) is 7.97. The zero-order valence-electron chi connectivity index (χ0n) is 14.1.